The fourth-order valence-corrected chi connectivity index (χ4v) is 0.865. The van der Waals surface area contributed by atoms with E-state index in [9.17, 15) is 0 Å². The quantitative estimate of drug-likeness (QED) is 0.435. The molecule has 0 amide bonds. The highest BCUT2D eigenvalue weighted by molar-refractivity contribution is 5.78. The number of hydrogen-bond donors (Lipinski definition) is 2. The molecular formula is C6H13N2+. The van der Waals surface area contributed by atoms with E-state index in [1.165, 1.54) is 5.84 Å². The number of rotatable bonds is 1. The van der Waals surface area contributed by atoms with Gasteiger partial charge >= 0.3 is 0 Å². The number of nitrogens with one attached hydrogen (secondary N) is 2. The van der Waals surface area contributed by atoms with Gasteiger partial charge in [-0.3, -0.25) is 10.3 Å². The highest BCUT2D eigenvalue weighted by Gasteiger charge is 2.14. The van der Waals surface area contributed by atoms with E-state index < -0.39 is 0 Å². The third kappa shape index (κ3) is 0.997. The van der Waals surface area contributed by atoms with Crippen LogP contribution in [0.2, 0.25) is 0 Å². The van der Waals surface area contributed by atoms with Crippen LogP contribution >= 0.6 is 0 Å². The molecule has 2 N–H and O–H groups in total. The molecule has 0 saturated carbocycles. The van der Waals surface area contributed by atoms with Crippen molar-refractivity contribution in [2.24, 2.45) is 5.92 Å². The maximum absolute atomic E-state index is 3.26. The maximum Gasteiger partial charge on any atom is 0.245 e. The molecule has 0 fully saturated rings. The van der Waals surface area contributed by atoms with Crippen LogP contribution in [0.4, 0.5) is 0 Å². The van der Waals surface area contributed by atoms with Crippen molar-refractivity contribution in [3.05, 3.63) is 0 Å². The Labute approximate surface area is 50.0 Å². The molecule has 0 spiro atoms. The predicted octanol–water partition coefficient (Wildman–Crippen LogP) is -1.28. The third-order valence-electron chi connectivity index (χ3n) is 1.33. The first kappa shape index (κ1) is 5.60. The summed E-state index contributed by atoms with van der Waals surface area (Å²) in [6.07, 6.45) is 0. The van der Waals surface area contributed by atoms with Gasteiger partial charge < -0.3 is 0 Å². The van der Waals surface area contributed by atoms with Gasteiger partial charge in [0.1, 0.15) is 13.1 Å². The molecule has 1 aliphatic heterocycles. The second kappa shape index (κ2) is 2.16. The molecule has 1 rings (SSSR count). The van der Waals surface area contributed by atoms with Gasteiger partial charge in [-0.2, -0.15) is 0 Å². The Bertz CT molecular complexity index is 105. The van der Waals surface area contributed by atoms with Crippen molar-refractivity contribution < 1.29 is 4.99 Å². The summed E-state index contributed by atoms with van der Waals surface area (Å²) in [6.45, 7) is 6.54. The zero-order valence-corrected chi connectivity index (χ0v) is 5.49. The zero-order chi connectivity index (χ0) is 5.98. The Hall–Kier alpha value is -0.530. The molecule has 8 heavy (non-hydrogen) atoms. The standard InChI is InChI=1S/C6H12N2/c1-5(2)6-7-3-4-8-6/h5H,3-4H2,1-2H3,(H,7,8)/p+1. The molecule has 0 saturated heterocycles. The van der Waals surface area contributed by atoms with Crippen molar-refractivity contribution in [1.82, 2.24) is 5.32 Å². The summed E-state index contributed by atoms with van der Waals surface area (Å²) in [5.41, 5.74) is 0. The lowest BCUT2D eigenvalue weighted by molar-refractivity contribution is -0.447. The highest BCUT2D eigenvalue weighted by atomic mass is 15.1. The lowest BCUT2D eigenvalue weighted by atomic mass is 10.2. The molecule has 0 aromatic heterocycles. The van der Waals surface area contributed by atoms with Crippen molar-refractivity contribution in [2.45, 2.75) is 13.8 Å². The average Bonchev–Trinajstić information content (AvgIpc) is 2.12. The monoisotopic (exact) mass is 113 g/mol. The van der Waals surface area contributed by atoms with Gasteiger partial charge in [0.15, 0.2) is 0 Å². The molecule has 0 atom stereocenters. The fraction of sp³-hybridized carbons (Fsp3) is 0.833. The Morgan fingerprint density at radius 3 is 2.62 bits per heavy atom. The van der Waals surface area contributed by atoms with Gasteiger partial charge in [0.2, 0.25) is 5.84 Å². The summed E-state index contributed by atoms with van der Waals surface area (Å²) in [4.78, 5) is 3.26. The first-order valence-corrected chi connectivity index (χ1v) is 3.15. The topological polar surface area (TPSA) is 26.0 Å². The van der Waals surface area contributed by atoms with Gasteiger partial charge in [0.05, 0.1) is 5.92 Å². The molecule has 0 unspecified atom stereocenters. The van der Waals surface area contributed by atoms with Crippen LogP contribution in [0.1, 0.15) is 13.8 Å². The van der Waals surface area contributed by atoms with E-state index in [2.05, 4.69) is 24.2 Å². The van der Waals surface area contributed by atoms with Gasteiger partial charge in [0, 0.05) is 0 Å². The van der Waals surface area contributed by atoms with Crippen LogP contribution in [0.15, 0.2) is 0 Å². The minimum absolute atomic E-state index is 0.637. The van der Waals surface area contributed by atoms with E-state index in [1.54, 1.807) is 0 Å². The second-order valence-corrected chi connectivity index (χ2v) is 2.42. The first-order valence-electron chi connectivity index (χ1n) is 3.15. The van der Waals surface area contributed by atoms with E-state index >= 15 is 0 Å². The largest absolute Gasteiger partial charge is 0.274 e. The molecule has 46 valence electrons. The SMILES string of the molecule is CC(C)C1=[NH+]CCN1. The second-order valence-electron chi connectivity index (χ2n) is 2.42. The normalized spacial score (nSPS) is 18.6. The van der Waals surface area contributed by atoms with Crippen molar-refractivity contribution in [1.29, 1.82) is 0 Å². The lowest BCUT2D eigenvalue weighted by Crippen LogP contribution is -2.71. The summed E-state index contributed by atoms with van der Waals surface area (Å²) in [5, 5.41) is 3.26. The number of amidine groups is 1. The molecule has 0 aromatic carbocycles. The maximum atomic E-state index is 3.26. The zero-order valence-electron chi connectivity index (χ0n) is 5.49. The molecule has 0 bridgehead atoms. The van der Waals surface area contributed by atoms with Crippen molar-refractivity contribution in [3.63, 3.8) is 0 Å². The smallest absolute Gasteiger partial charge is 0.245 e. The minimum atomic E-state index is 0.637. The average molecular weight is 113 g/mol. The molecule has 1 aliphatic rings. The summed E-state index contributed by atoms with van der Waals surface area (Å²) in [6, 6.07) is 0. The van der Waals surface area contributed by atoms with Crippen LogP contribution in [0.25, 0.3) is 0 Å². The minimum Gasteiger partial charge on any atom is -0.274 e. The molecule has 0 aromatic rings. The molecule has 2 nitrogen and oxygen atoms in total. The summed E-state index contributed by atoms with van der Waals surface area (Å²) in [5.74, 6) is 1.93. The van der Waals surface area contributed by atoms with Crippen LogP contribution in [-0.2, 0) is 0 Å². The van der Waals surface area contributed by atoms with E-state index in [1.807, 2.05) is 0 Å². The molecule has 0 radical (unpaired) electrons. The van der Waals surface area contributed by atoms with Crippen molar-refractivity contribution in [2.75, 3.05) is 13.1 Å². The Balaban J connectivity index is 2.45. The fourth-order valence-electron chi connectivity index (χ4n) is 0.865. The van der Waals surface area contributed by atoms with E-state index in [0.29, 0.717) is 5.92 Å². The van der Waals surface area contributed by atoms with Crippen LogP contribution < -0.4 is 10.3 Å². The molecule has 1 heterocycles. The molecule has 2 heteroatoms. The van der Waals surface area contributed by atoms with Crippen LogP contribution in [0.3, 0.4) is 0 Å². The van der Waals surface area contributed by atoms with Gasteiger partial charge in [-0.15, -0.1) is 0 Å². The first-order chi connectivity index (χ1) is 3.80. The van der Waals surface area contributed by atoms with Crippen LogP contribution in [0.5, 0.6) is 0 Å². The van der Waals surface area contributed by atoms with E-state index in [4.69, 9.17) is 0 Å². The summed E-state index contributed by atoms with van der Waals surface area (Å²) >= 11 is 0. The van der Waals surface area contributed by atoms with Crippen LogP contribution in [-0.4, -0.2) is 18.9 Å². The van der Waals surface area contributed by atoms with E-state index in [-0.39, 0.29) is 0 Å². The van der Waals surface area contributed by atoms with E-state index in [0.717, 1.165) is 13.1 Å². The predicted molar refractivity (Wildman–Crippen MR) is 33.7 cm³/mol. The van der Waals surface area contributed by atoms with Gasteiger partial charge in [-0.25, -0.2) is 0 Å². The molecule has 0 aliphatic carbocycles. The summed E-state index contributed by atoms with van der Waals surface area (Å²) in [7, 11) is 0. The van der Waals surface area contributed by atoms with Crippen LogP contribution in [0, 0.1) is 5.92 Å². The van der Waals surface area contributed by atoms with Gasteiger partial charge in [-0.05, 0) is 0 Å². The lowest BCUT2D eigenvalue weighted by Gasteiger charge is -1.95. The Kier molecular flexibility index (Phi) is 1.51. The molecular weight excluding hydrogens is 100 g/mol. The Morgan fingerprint density at radius 2 is 2.38 bits per heavy atom. The van der Waals surface area contributed by atoms with Gasteiger partial charge in [-0.1, -0.05) is 13.8 Å². The number of hydrogen-bond acceptors (Lipinski definition) is 1. The van der Waals surface area contributed by atoms with Crippen molar-refractivity contribution in [3.8, 4) is 0 Å². The summed E-state index contributed by atoms with van der Waals surface area (Å²) < 4.78 is 0. The van der Waals surface area contributed by atoms with Gasteiger partial charge in [0.25, 0.3) is 0 Å². The Morgan fingerprint density at radius 1 is 1.62 bits per heavy atom. The third-order valence-corrected chi connectivity index (χ3v) is 1.33. The highest BCUT2D eigenvalue weighted by Crippen LogP contribution is 1.87. The van der Waals surface area contributed by atoms with Crippen molar-refractivity contribution >= 4 is 5.84 Å².